The first-order chi connectivity index (χ1) is 10.4. The SMILES string of the molecule is Cc1ccc(C(=O)NCCS(=O)(=O)NC2CCCC2)cc1C. The molecular formula is C16H24N2O3S. The van der Waals surface area contributed by atoms with Crippen molar-refractivity contribution in [3.8, 4) is 0 Å². The molecule has 1 aromatic carbocycles. The molecule has 122 valence electrons. The Morgan fingerprint density at radius 2 is 1.86 bits per heavy atom. The zero-order valence-electron chi connectivity index (χ0n) is 13.2. The Kier molecular flexibility index (Phi) is 5.58. The van der Waals surface area contributed by atoms with Gasteiger partial charge in [0.15, 0.2) is 0 Å². The Labute approximate surface area is 132 Å². The minimum Gasteiger partial charge on any atom is -0.351 e. The molecule has 22 heavy (non-hydrogen) atoms. The van der Waals surface area contributed by atoms with E-state index in [2.05, 4.69) is 10.0 Å². The normalized spacial score (nSPS) is 15.9. The van der Waals surface area contributed by atoms with Gasteiger partial charge in [-0.15, -0.1) is 0 Å². The Balaban J connectivity index is 1.81. The molecule has 1 aromatic rings. The molecule has 0 aliphatic heterocycles. The zero-order chi connectivity index (χ0) is 16.2. The fourth-order valence-electron chi connectivity index (χ4n) is 2.64. The van der Waals surface area contributed by atoms with Crippen LogP contribution in [0.4, 0.5) is 0 Å². The molecule has 2 rings (SSSR count). The van der Waals surface area contributed by atoms with E-state index < -0.39 is 10.0 Å². The fourth-order valence-corrected chi connectivity index (χ4v) is 3.87. The minimum absolute atomic E-state index is 0.0699. The highest BCUT2D eigenvalue weighted by molar-refractivity contribution is 7.89. The summed E-state index contributed by atoms with van der Waals surface area (Å²) in [6.07, 6.45) is 3.98. The van der Waals surface area contributed by atoms with Crippen LogP contribution in [0, 0.1) is 13.8 Å². The van der Waals surface area contributed by atoms with E-state index in [1.165, 1.54) is 0 Å². The molecule has 1 aliphatic carbocycles. The van der Waals surface area contributed by atoms with Crippen LogP contribution in [-0.4, -0.2) is 32.7 Å². The number of carbonyl (C=O) groups is 1. The van der Waals surface area contributed by atoms with E-state index in [-0.39, 0.29) is 24.2 Å². The van der Waals surface area contributed by atoms with Crippen LogP contribution >= 0.6 is 0 Å². The number of aryl methyl sites for hydroxylation is 2. The maximum atomic E-state index is 12.0. The third kappa shape index (κ3) is 4.81. The number of nitrogens with one attached hydrogen (secondary N) is 2. The van der Waals surface area contributed by atoms with Gasteiger partial charge in [-0.2, -0.15) is 0 Å². The summed E-state index contributed by atoms with van der Waals surface area (Å²) in [6.45, 7) is 4.05. The van der Waals surface area contributed by atoms with Crippen molar-refractivity contribution < 1.29 is 13.2 Å². The van der Waals surface area contributed by atoms with Gasteiger partial charge in [-0.05, 0) is 49.9 Å². The lowest BCUT2D eigenvalue weighted by atomic mass is 10.1. The molecule has 1 fully saturated rings. The number of hydrogen-bond acceptors (Lipinski definition) is 3. The van der Waals surface area contributed by atoms with Crippen molar-refractivity contribution in [2.45, 2.75) is 45.6 Å². The van der Waals surface area contributed by atoms with Gasteiger partial charge in [-0.3, -0.25) is 4.79 Å². The number of amides is 1. The topological polar surface area (TPSA) is 75.3 Å². The maximum absolute atomic E-state index is 12.0. The van der Waals surface area contributed by atoms with E-state index in [0.717, 1.165) is 36.8 Å². The number of benzene rings is 1. The smallest absolute Gasteiger partial charge is 0.251 e. The van der Waals surface area contributed by atoms with E-state index in [4.69, 9.17) is 0 Å². The second kappa shape index (κ2) is 7.24. The van der Waals surface area contributed by atoms with Gasteiger partial charge in [0.25, 0.3) is 5.91 Å². The fraction of sp³-hybridized carbons (Fsp3) is 0.562. The number of rotatable bonds is 6. The molecule has 2 N–H and O–H groups in total. The number of sulfonamides is 1. The molecule has 1 saturated carbocycles. The highest BCUT2D eigenvalue weighted by Gasteiger charge is 2.21. The lowest BCUT2D eigenvalue weighted by Gasteiger charge is -2.13. The van der Waals surface area contributed by atoms with Crippen molar-refractivity contribution in [3.05, 3.63) is 34.9 Å². The lowest BCUT2D eigenvalue weighted by Crippen LogP contribution is -2.38. The van der Waals surface area contributed by atoms with Crippen molar-refractivity contribution >= 4 is 15.9 Å². The van der Waals surface area contributed by atoms with Crippen LogP contribution in [0.5, 0.6) is 0 Å². The monoisotopic (exact) mass is 324 g/mol. The summed E-state index contributed by atoms with van der Waals surface area (Å²) in [5.74, 6) is -0.320. The van der Waals surface area contributed by atoms with E-state index in [0.29, 0.717) is 5.56 Å². The molecule has 0 heterocycles. The first-order valence-corrected chi connectivity index (χ1v) is 9.38. The molecule has 0 unspecified atom stereocenters. The van der Waals surface area contributed by atoms with Crippen LogP contribution in [0.3, 0.4) is 0 Å². The quantitative estimate of drug-likeness (QED) is 0.839. The summed E-state index contributed by atoms with van der Waals surface area (Å²) >= 11 is 0. The Morgan fingerprint density at radius 3 is 2.50 bits per heavy atom. The van der Waals surface area contributed by atoms with Crippen LogP contribution in [0.25, 0.3) is 0 Å². The van der Waals surface area contributed by atoms with Gasteiger partial charge in [0.1, 0.15) is 0 Å². The van der Waals surface area contributed by atoms with E-state index in [1.807, 2.05) is 26.0 Å². The van der Waals surface area contributed by atoms with Crippen LogP contribution in [0.2, 0.25) is 0 Å². The first kappa shape index (κ1) is 17.0. The predicted octanol–water partition coefficient (Wildman–Crippen LogP) is 1.90. The molecule has 0 atom stereocenters. The van der Waals surface area contributed by atoms with Gasteiger partial charge in [0.05, 0.1) is 5.75 Å². The standard InChI is InChI=1S/C16H24N2O3S/c1-12-7-8-14(11-13(12)2)16(19)17-9-10-22(20,21)18-15-5-3-4-6-15/h7-8,11,15,18H,3-6,9-10H2,1-2H3,(H,17,19). The van der Waals surface area contributed by atoms with E-state index in [1.54, 1.807) is 6.07 Å². The van der Waals surface area contributed by atoms with Crippen LogP contribution in [0.1, 0.15) is 47.2 Å². The van der Waals surface area contributed by atoms with Crippen LogP contribution < -0.4 is 10.0 Å². The molecule has 1 amide bonds. The van der Waals surface area contributed by atoms with Crippen molar-refractivity contribution in [2.24, 2.45) is 0 Å². The average molecular weight is 324 g/mol. The second-order valence-corrected chi connectivity index (χ2v) is 7.85. The molecule has 0 bridgehead atoms. The van der Waals surface area contributed by atoms with Gasteiger partial charge < -0.3 is 5.32 Å². The zero-order valence-corrected chi connectivity index (χ0v) is 14.0. The van der Waals surface area contributed by atoms with Gasteiger partial charge in [-0.1, -0.05) is 18.9 Å². The molecular weight excluding hydrogens is 300 g/mol. The average Bonchev–Trinajstić information content (AvgIpc) is 2.93. The number of hydrogen-bond donors (Lipinski definition) is 2. The predicted molar refractivity (Wildman–Crippen MR) is 87.4 cm³/mol. The molecule has 0 aromatic heterocycles. The van der Waals surface area contributed by atoms with Gasteiger partial charge in [0.2, 0.25) is 10.0 Å². The van der Waals surface area contributed by atoms with Gasteiger partial charge in [-0.25, -0.2) is 13.1 Å². The Hall–Kier alpha value is -1.40. The highest BCUT2D eigenvalue weighted by Crippen LogP contribution is 2.18. The Morgan fingerprint density at radius 1 is 1.18 bits per heavy atom. The summed E-state index contributed by atoms with van der Waals surface area (Å²) in [5, 5.41) is 2.67. The van der Waals surface area contributed by atoms with Crippen molar-refractivity contribution in [3.63, 3.8) is 0 Å². The van der Waals surface area contributed by atoms with Crippen LogP contribution in [0.15, 0.2) is 18.2 Å². The summed E-state index contributed by atoms with van der Waals surface area (Å²) < 4.78 is 26.6. The maximum Gasteiger partial charge on any atom is 0.251 e. The summed E-state index contributed by atoms with van der Waals surface area (Å²) in [7, 11) is -3.32. The van der Waals surface area contributed by atoms with Crippen molar-refractivity contribution in [1.82, 2.24) is 10.0 Å². The molecule has 0 saturated heterocycles. The van der Waals surface area contributed by atoms with Crippen molar-refractivity contribution in [2.75, 3.05) is 12.3 Å². The highest BCUT2D eigenvalue weighted by atomic mass is 32.2. The lowest BCUT2D eigenvalue weighted by molar-refractivity contribution is 0.0956. The number of carbonyl (C=O) groups excluding carboxylic acids is 1. The second-order valence-electron chi connectivity index (χ2n) is 5.97. The third-order valence-corrected chi connectivity index (χ3v) is 5.56. The minimum atomic E-state index is -3.32. The summed E-state index contributed by atoms with van der Waals surface area (Å²) in [5.41, 5.74) is 2.73. The summed E-state index contributed by atoms with van der Waals surface area (Å²) in [6, 6.07) is 5.53. The van der Waals surface area contributed by atoms with Gasteiger partial charge in [0, 0.05) is 18.2 Å². The van der Waals surface area contributed by atoms with Crippen molar-refractivity contribution in [1.29, 1.82) is 0 Å². The largest absolute Gasteiger partial charge is 0.351 e. The van der Waals surface area contributed by atoms with Crippen LogP contribution in [-0.2, 0) is 10.0 Å². The Bertz CT molecular complexity index is 635. The molecule has 0 radical (unpaired) electrons. The first-order valence-electron chi connectivity index (χ1n) is 7.73. The molecule has 5 nitrogen and oxygen atoms in total. The summed E-state index contributed by atoms with van der Waals surface area (Å²) in [4.78, 5) is 12.0. The molecule has 1 aliphatic rings. The van der Waals surface area contributed by atoms with Gasteiger partial charge >= 0.3 is 0 Å². The van der Waals surface area contributed by atoms with E-state index in [9.17, 15) is 13.2 Å². The third-order valence-electron chi connectivity index (χ3n) is 4.13. The molecule has 0 spiro atoms. The molecule has 6 heteroatoms. The van der Waals surface area contributed by atoms with E-state index >= 15 is 0 Å².